The fourth-order valence-electron chi connectivity index (χ4n) is 1.39. The van der Waals surface area contributed by atoms with Crippen LogP contribution in [0.25, 0.3) is 0 Å². The van der Waals surface area contributed by atoms with Crippen molar-refractivity contribution in [2.45, 2.75) is 20.8 Å². The Kier molecular flexibility index (Phi) is 10.0. The van der Waals surface area contributed by atoms with Crippen molar-refractivity contribution in [1.82, 2.24) is 0 Å². The van der Waals surface area contributed by atoms with Crippen LogP contribution in [-0.4, -0.2) is 59.2 Å². The van der Waals surface area contributed by atoms with Crippen LogP contribution in [0.5, 0.6) is 0 Å². The molecule has 0 rings (SSSR count). The van der Waals surface area contributed by atoms with Gasteiger partial charge in [-0.25, -0.2) is 4.18 Å². The number of hydrogen-bond acceptors (Lipinski definition) is 6. The zero-order valence-corrected chi connectivity index (χ0v) is 13.8. The van der Waals surface area contributed by atoms with E-state index in [1.54, 1.807) is 7.11 Å². The van der Waals surface area contributed by atoms with Gasteiger partial charge in [0.25, 0.3) is 0 Å². The molecule has 0 unspecified atom stereocenters. The normalized spacial score (nSPS) is 13.7. The molecule has 0 amide bonds. The first-order chi connectivity index (χ1) is 8.95. The van der Waals surface area contributed by atoms with Crippen LogP contribution in [0.3, 0.4) is 0 Å². The fraction of sp³-hybridized carbons (Fsp3) is 1.00. The topological polar surface area (TPSA) is 71.1 Å². The summed E-state index contributed by atoms with van der Waals surface area (Å²) in [5.41, 5.74) is 0. The number of hydrogen-bond donors (Lipinski definition) is 0. The van der Waals surface area contributed by atoms with E-state index >= 15 is 0 Å². The van der Waals surface area contributed by atoms with Crippen molar-refractivity contribution in [2.75, 3.05) is 50.8 Å². The molecule has 0 aliphatic heterocycles. The highest BCUT2D eigenvalue weighted by molar-refractivity contribution is 8.32. The molecular formula is C11H26O6S2. The van der Waals surface area contributed by atoms with Gasteiger partial charge in [0.1, 0.15) is 0 Å². The molecular weight excluding hydrogens is 292 g/mol. The van der Waals surface area contributed by atoms with Crippen LogP contribution in [0, 0.1) is 0 Å². The highest BCUT2D eigenvalue weighted by Gasteiger charge is 2.27. The second-order valence-corrected chi connectivity index (χ2v) is 9.00. The Labute approximate surface area is 118 Å². The van der Waals surface area contributed by atoms with Crippen molar-refractivity contribution in [3.05, 3.63) is 0 Å². The predicted molar refractivity (Wildman–Crippen MR) is 77.9 cm³/mol. The minimum atomic E-state index is -3.94. The smallest absolute Gasteiger partial charge is 0.382 e. The molecule has 0 spiro atoms. The average Bonchev–Trinajstić information content (AvgIpc) is 2.40. The van der Waals surface area contributed by atoms with E-state index in [-0.39, 0.29) is 13.2 Å². The minimum Gasteiger partial charge on any atom is -0.382 e. The van der Waals surface area contributed by atoms with Crippen molar-refractivity contribution in [2.24, 2.45) is 0 Å². The maximum atomic E-state index is 11.7. The second-order valence-electron chi connectivity index (χ2n) is 3.74. The van der Waals surface area contributed by atoms with E-state index in [0.717, 1.165) is 0 Å². The summed E-state index contributed by atoms with van der Waals surface area (Å²) in [5.74, 6) is 2.10. The van der Waals surface area contributed by atoms with Crippen molar-refractivity contribution in [1.29, 1.82) is 0 Å². The van der Waals surface area contributed by atoms with E-state index in [0.29, 0.717) is 30.5 Å². The summed E-state index contributed by atoms with van der Waals surface area (Å²) >= 11 is 0. The Balaban J connectivity index is 4.11. The first-order valence-electron chi connectivity index (χ1n) is 6.38. The quantitative estimate of drug-likeness (QED) is 0.510. The van der Waals surface area contributed by atoms with Gasteiger partial charge in [0.15, 0.2) is 0 Å². The van der Waals surface area contributed by atoms with Crippen LogP contribution in [0.2, 0.25) is 0 Å². The second kappa shape index (κ2) is 9.95. The highest BCUT2D eigenvalue weighted by atomic mass is 32.3. The standard InChI is InChI=1S/C11H26O6S2/c1-5-18(6-2,7-3)17-19(12,13)16-11-10-15-9-8-14-4/h5-11H2,1-4H3. The molecule has 0 aliphatic carbocycles. The Morgan fingerprint density at radius 2 is 1.37 bits per heavy atom. The SMILES string of the molecule is CCS(CC)(CC)OS(=O)(=O)OCCOCCOC. The molecule has 19 heavy (non-hydrogen) atoms. The molecule has 118 valence electrons. The van der Waals surface area contributed by atoms with Gasteiger partial charge in [0.2, 0.25) is 0 Å². The van der Waals surface area contributed by atoms with Gasteiger partial charge in [-0.1, -0.05) is 20.8 Å². The molecule has 0 radical (unpaired) electrons. The largest absolute Gasteiger partial charge is 0.409 e. The van der Waals surface area contributed by atoms with E-state index in [2.05, 4.69) is 0 Å². The predicted octanol–water partition coefficient (Wildman–Crippen LogP) is 1.71. The average molecular weight is 318 g/mol. The van der Waals surface area contributed by atoms with Gasteiger partial charge in [-0.2, -0.15) is 12.0 Å². The number of ether oxygens (including phenoxy) is 2. The third-order valence-electron chi connectivity index (χ3n) is 2.69. The maximum absolute atomic E-state index is 11.7. The maximum Gasteiger partial charge on any atom is 0.409 e. The van der Waals surface area contributed by atoms with Crippen LogP contribution in [0.15, 0.2) is 0 Å². The monoisotopic (exact) mass is 318 g/mol. The summed E-state index contributed by atoms with van der Waals surface area (Å²) in [6.07, 6.45) is 0. The van der Waals surface area contributed by atoms with Gasteiger partial charge < -0.3 is 9.47 Å². The highest BCUT2D eigenvalue weighted by Crippen LogP contribution is 2.49. The van der Waals surface area contributed by atoms with Crippen molar-refractivity contribution in [3.8, 4) is 0 Å². The Morgan fingerprint density at radius 3 is 1.84 bits per heavy atom. The third-order valence-corrected chi connectivity index (χ3v) is 8.13. The summed E-state index contributed by atoms with van der Waals surface area (Å²) in [4.78, 5) is 0. The van der Waals surface area contributed by atoms with Gasteiger partial charge in [0.05, 0.1) is 26.4 Å². The van der Waals surface area contributed by atoms with Crippen LogP contribution in [-0.2, 0) is 27.7 Å². The fourth-order valence-corrected chi connectivity index (χ4v) is 5.62. The molecule has 0 heterocycles. The molecule has 0 bridgehead atoms. The first-order valence-corrected chi connectivity index (χ1v) is 9.78. The molecule has 0 aromatic heterocycles. The van der Waals surface area contributed by atoms with Gasteiger partial charge in [0, 0.05) is 7.11 Å². The molecule has 0 aromatic carbocycles. The summed E-state index contributed by atoms with van der Waals surface area (Å²) in [6.45, 7) is 6.84. The summed E-state index contributed by atoms with van der Waals surface area (Å²) in [7, 11) is -3.97. The van der Waals surface area contributed by atoms with Gasteiger partial charge in [-0.3, -0.25) is 0 Å². The lowest BCUT2D eigenvalue weighted by Crippen LogP contribution is -2.21. The number of methoxy groups -OCH3 is 1. The summed E-state index contributed by atoms with van der Waals surface area (Å²) < 4.78 is 43.4. The van der Waals surface area contributed by atoms with Crippen LogP contribution >= 0.6 is 10.3 Å². The van der Waals surface area contributed by atoms with Crippen LogP contribution in [0.4, 0.5) is 0 Å². The zero-order valence-electron chi connectivity index (χ0n) is 12.2. The van der Waals surface area contributed by atoms with Crippen LogP contribution in [0.1, 0.15) is 20.8 Å². The molecule has 0 N–H and O–H groups in total. The van der Waals surface area contributed by atoms with Crippen molar-refractivity contribution in [3.63, 3.8) is 0 Å². The zero-order chi connectivity index (χ0) is 14.8. The lowest BCUT2D eigenvalue weighted by Gasteiger charge is -2.34. The molecule has 0 saturated carbocycles. The van der Waals surface area contributed by atoms with E-state index in [1.807, 2.05) is 20.8 Å². The molecule has 0 aromatic rings. The first kappa shape index (κ1) is 19.1. The molecule has 8 heteroatoms. The Hall–Kier alpha value is 0.140. The number of rotatable bonds is 12. The van der Waals surface area contributed by atoms with E-state index < -0.39 is 20.7 Å². The summed E-state index contributed by atoms with van der Waals surface area (Å²) in [5, 5.41) is 0. The molecule has 6 nitrogen and oxygen atoms in total. The molecule has 0 fully saturated rings. The molecule has 0 saturated heterocycles. The minimum absolute atomic E-state index is 0.0429. The van der Waals surface area contributed by atoms with E-state index in [4.69, 9.17) is 17.3 Å². The Bertz CT molecular complexity index is 305. The van der Waals surface area contributed by atoms with Gasteiger partial charge >= 0.3 is 10.4 Å². The third kappa shape index (κ3) is 8.11. The van der Waals surface area contributed by atoms with Crippen molar-refractivity contribution < 1.29 is 25.7 Å². The van der Waals surface area contributed by atoms with E-state index in [9.17, 15) is 8.42 Å². The van der Waals surface area contributed by atoms with Gasteiger partial charge in [-0.15, -0.1) is 10.3 Å². The molecule has 0 aliphatic rings. The summed E-state index contributed by atoms with van der Waals surface area (Å²) in [6, 6.07) is 0. The lowest BCUT2D eigenvalue weighted by molar-refractivity contribution is 0.0539. The molecule has 0 atom stereocenters. The van der Waals surface area contributed by atoms with Gasteiger partial charge in [-0.05, 0) is 17.3 Å². The van der Waals surface area contributed by atoms with Crippen molar-refractivity contribution >= 4 is 20.7 Å². The lowest BCUT2D eigenvalue weighted by atomic mass is 10.7. The van der Waals surface area contributed by atoms with Crippen LogP contribution < -0.4 is 0 Å². The Morgan fingerprint density at radius 1 is 0.842 bits per heavy atom. The van der Waals surface area contributed by atoms with E-state index in [1.165, 1.54) is 0 Å².